The van der Waals surface area contributed by atoms with Crippen molar-refractivity contribution in [1.29, 1.82) is 0 Å². The van der Waals surface area contributed by atoms with Gasteiger partial charge in [0.25, 0.3) is 0 Å². The van der Waals surface area contributed by atoms with Gasteiger partial charge in [0.2, 0.25) is 0 Å². The molecule has 0 amide bonds. The Kier molecular flexibility index (Phi) is 15.4. The number of esters is 1. The topological polar surface area (TPSA) is 131 Å². The van der Waals surface area contributed by atoms with Gasteiger partial charge in [0.05, 0.1) is 51.3 Å². The molecule has 2 aliphatic heterocycles. The Morgan fingerprint density at radius 1 is 0.542 bits per heavy atom. The van der Waals surface area contributed by atoms with Crippen LogP contribution < -0.4 is 0 Å². The highest BCUT2D eigenvalue weighted by atomic mass is 16.8. The molecular weight excluding hydrogens is 753 g/mol. The molecule has 2 N–H and O–H groups in total. The van der Waals surface area contributed by atoms with E-state index in [1.165, 1.54) is 0 Å². The number of carbonyl (C=O) groups excluding carboxylic acids is 1. The summed E-state index contributed by atoms with van der Waals surface area (Å²) in [5, 5.41) is 22.7. The first-order valence-corrected chi connectivity index (χ1v) is 20.1. The van der Waals surface area contributed by atoms with E-state index in [0.29, 0.717) is 13.2 Å². The van der Waals surface area contributed by atoms with Crippen molar-refractivity contribution in [1.82, 2.24) is 0 Å². The minimum atomic E-state index is -1.47. The first kappa shape index (κ1) is 42.3. The Morgan fingerprint density at radius 2 is 1.00 bits per heavy atom. The molecule has 10 atom stereocenters. The molecule has 2 heterocycles. The zero-order valence-corrected chi connectivity index (χ0v) is 33.0. The standard InChI is InChI=1S/C48H52O11/c1-33-42(53-29-35-19-9-3-10-20-35)44(40(32-52-28-34-17-7-2-8-18-34)57-47(33)55-31-37-23-13-5-14-24-37)59-48-45(58-46(51)38-25-15-6-16-26-38)41(50)43(39(27-49)56-48)54-30-36-21-11-4-12-22-36/h2-26,33,39-45,47-50H,27-32H2,1H3/t33?,39?,40?,41-,42-,43-,44-,45?,47+,48-/m0/s1. The molecule has 4 unspecified atom stereocenters. The van der Waals surface area contributed by atoms with Gasteiger partial charge in [0, 0.05) is 5.92 Å². The van der Waals surface area contributed by atoms with Crippen LogP contribution in [-0.2, 0) is 64.3 Å². The third-order valence-electron chi connectivity index (χ3n) is 10.5. The number of benzene rings is 5. The van der Waals surface area contributed by atoms with Crippen molar-refractivity contribution in [3.05, 3.63) is 179 Å². The fraction of sp³-hybridized carbons (Fsp3) is 0.354. The Bertz CT molecular complexity index is 1950. The molecule has 7 rings (SSSR count). The summed E-state index contributed by atoms with van der Waals surface area (Å²) in [5.41, 5.74) is 4.02. The lowest BCUT2D eigenvalue weighted by atomic mass is 9.91. The van der Waals surface area contributed by atoms with E-state index in [0.717, 1.165) is 22.3 Å². The fourth-order valence-corrected chi connectivity index (χ4v) is 7.33. The minimum absolute atomic E-state index is 0.0681. The van der Waals surface area contributed by atoms with Crippen molar-refractivity contribution in [3.8, 4) is 0 Å². The second-order valence-electron chi connectivity index (χ2n) is 14.8. The molecule has 59 heavy (non-hydrogen) atoms. The fourth-order valence-electron chi connectivity index (χ4n) is 7.33. The van der Waals surface area contributed by atoms with Crippen LogP contribution >= 0.6 is 0 Å². The number of ether oxygens (including phenoxy) is 8. The first-order chi connectivity index (χ1) is 29.0. The van der Waals surface area contributed by atoms with Crippen LogP contribution in [0, 0.1) is 5.92 Å². The second kappa shape index (κ2) is 21.5. The summed E-state index contributed by atoms with van der Waals surface area (Å²) < 4.78 is 51.8. The molecule has 5 aromatic carbocycles. The average Bonchev–Trinajstić information content (AvgIpc) is 3.28. The molecule has 310 valence electrons. The zero-order chi connectivity index (χ0) is 40.8. The van der Waals surface area contributed by atoms with E-state index in [1.54, 1.807) is 30.3 Å². The lowest BCUT2D eigenvalue weighted by Gasteiger charge is -2.49. The van der Waals surface area contributed by atoms with Crippen LogP contribution in [0.1, 0.15) is 39.5 Å². The van der Waals surface area contributed by atoms with E-state index in [9.17, 15) is 15.0 Å². The minimum Gasteiger partial charge on any atom is -0.450 e. The highest BCUT2D eigenvalue weighted by molar-refractivity contribution is 5.89. The van der Waals surface area contributed by atoms with E-state index >= 15 is 0 Å². The van der Waals surface area contributed by atoms with Gasteiger partial charge in [0.1, 0.15) is 30.5 Å². The van der Waals surface area contributed by atoms with Gasteiger partial charge in [-0.15, -0.1) is 0 Å². The van der Waals surface area contributed by atoms with Gasteiger partial charge in [-0.3, -0.25) is 0 Å². The summed E-state index contributed by atoms with van der Waals surface area (Å²) in [6.45, 7) is 2.48. The quantitative estimate of drug-likeness (QED) is 0.0925. The monoisotopic (exact) mass is 804 g/mol. The lowest BCUT2D eigenvalue weighted by Crippen LogP contribution is -2.64. The summed E-state index contributed by atoms with van der Waals surface area (Å²) in [4.78, 5) is 13.7. The summed E-state index contributed by atoms with van der Waals surface area (Å²) >= 11 is 0. The Balaban J connectivity index is 1.19. The van der Waals surface area contributed by atoms with E-state index in [1.807, 2.05) is 128 Å². The molecular formula is C48H52O11. The first-order valence-electron chi connectivity index (χ1n) is 20.1. The Hall–Kier alpha value is -4.79. The summed E-state index contributed by atoms with van der Waals surface area (Å²) in [6, 6.07) is 47.3. The van der Waals surface area contributed by atoms with Gasteiger partial charge in [0.15, 0.2) is 18.7 Å². The largest absolute Gasteiger partial charge is 0.450 e. The molecule has 2 fully saturated rings. The Labute approximate surface area is 345 Å². The number of aliphatic hydroxyl groups excluding tert-OH is 2. The normalized spacial score (nSPS) is 26.9. The molecule has 2 saturated heterocycles. The van der Waals surface area contributed by atoms with E-state index in [4.69, 9.17) is 37.9 Å². The van der Waals surface area contributed by atoms with Crippen LogP contribution in [0.3, 0.4) is 0 Å². The van der Waals surface area contributed by atoms with Crippen LogP contribution in [-0.4, -0.2) is 84.7 Å². The van der Waals surface area contributed by atoms with Crippen molar-refractivity contribution < 1.29 is 52.9 Å². The van der Waals surface area contributed by atoms with Crippen molar-refractivity contribution in [3.63, 3.8) is 0 Å². The maximum atomic E-state index is 13.7. The van der Waals surface area contributed by atoms with E-state index < -0.39 is 73.8 Å². The smallest absolute Gasteiger partial charge is 0.338 e. The third kappa shape index (κ3) is 11.5. The molecule has 11 nitrogen and oxygen atoms in total. The number of rotatable bonds is 18. The molecule has 0 spiro atoms. The van der Waals surface area contributed by atoms with Gasteiger partial charge in [-0.2, -0.15) is 0 Å². The van der Waals surface area contributed by atoms with Crippen molar-refractivity contribution >= 4 is 5.97 Å². The highest BCUT2D eigenvalue weighted by Crippen LogP contribution is 2.36. The molecule has 0 radical (unpaired) electrons. The van der Waals surface area contributed by atoms with Gasteiger partial charge >= 0.3 is 5.97 Å². The maximum absolute atomic E-state index is 13.7. The predicted octanol–water partition coefficient (Wildman–Crippen LogP) is 6.64. The summed E-state index contributed by atoms with van der Waals surface area (Å²) in [5.74, 6) is -1.09. The SMILES string of the molecule is CC1[C@H](OCc2ccccc2)OC(COCc2ccccc2)[C@H](O[C@@H]2OC(CO)[C@H](OCc3ccccc3)[C@H](O)C2OC(=O)c2ccccc2)[C@H]1OCc1ccccc1. The molecule has 0 aromatic heterocycles. The molecule has 0 aliphatic carbocycles. The van der Waals surface area contributed by atoms with Gasteiger partial charge in [-0.05, 0) is 34.4 Å². The van der Waals surface area contributed by atoms with Gasteiger partial charge < -0.3 is 48.1 Å². The van der Waals surface area contributed by atoms with Crippen LogP contribution in [0.4, 0.5) is 0 Å². The Morgan fingerprint density at radius 3 is 1.53 bits per heavy atom. The van der Waals surface area contributed by atoms with Gasteiger partial charge in [-0.25, -0.2) is 4.79 Å². The molecule has 0 saturated carbocycles. The molecule has 2 aliphatic rings. The molecule has 11 heteroatoms. The average molecular weight is 805 g/mol. The summed E-state index contributed by atoms with van der Waals surface area (Å²) in [7, 11) is 0. The zero-order valence-electron chi connectivity index (χ0n) is 33.0. The summed E-state index contributed by atoms with van der Waals surface area (Å²) in [6.07, 6.45) is -9.50. The molecule has 0 bridgehead atoms. The number of aliphatic hydroxyl groups is 2. The van der Waals surface area contributed by atoms with Crippen molar-refractivity contribution in [2.75, 3.05) is 13.2 Å². The molecule has 5 aromatic rings. The van der Waals surface area contributed by atoms with E-state index in [2.05, 4.69) is 0 Å². The number of hydrogen-bond acceptors (Lipinski definition) is 11. The highest BCUT2D eigenvalue weighted by Gasteiger charge is 2.53. The van der Waals surface area contributed by atoms with Crippen LogP contribution in [0.5, 0.6) is 0 Å². The van der Waals surface area contributed by atoms with Crippen LogP contribution in [0.15, 0.2) is 152 Å². The number of carbonyl (C=O) groups is 1. The predicted molar refractivity (Wildman–Crippen MR) is 217 cm³/mol. The van der Waals surface area contributed by atoms with E-state index in [-0.39, 0.29) is 25.4 Å². The van der Waals surface area contributed by atoms with Gasteiger partial charge in [-0.1, -0.05) is 146 Å². The van der Waals surface area contributed by atoms with Crippen molar-refractivity contribution in [2.24, 2.45) is 5.92 Å². The maximum Gasteiger partial charge on any atom is 0.338 e. The lowest BCUT2D eigenvalue weighted by molar-refractivity contribution is -0.360. The van der Waals surface area contributed by atoms with Crippen LogP contribution in [0.2, 0.25) is 0 Å². The number of hydrogen-bond donors (Lipinski definition) is 2. The van der Waals surface area contributed by atoms with Crippen molar-refractivity contribution in [2.45, 2.75) is 88.7 Å². The second-order valence-corrected chi connectivity index (χ2v) is 14.8. The third-order valence-corrected chi connectivity index (χ3v) is 10.5. The van der Waals surface area contributed by atoms with Crippen LogP contribution in [0.25, 0.3) is 0 Å².